The van der Waals surface area contributed by atoms with Crippen molar-refractivity contribution in [3.05, 3.63) is 0 Å². The molecule has 3 nitrogen and oxygen atoms in total. The van der Waals surface area contributed by atoms with Crippen molar-refractivity contribution in [2.75, 3.05) is 13.7 Å². The highest BCUT2D eigenvalue weighted by atomic mass is 16.5. The lowest BCUT2D eigenvalue weighted by atomic mass is 10.8. The van der Waals surface area contributed by atoms with E-state index in [2.05, 4.69) is 16.0 Å². The van der Waals surface area contributed by atoms with Crippen LogP contribution in [0, 0.1) is 12.3 Å². The van der Waals surface area contributed by atoms with Crippen LogP contribution in [0.5, 0.6) is 0 Å². The van der Waals surface area contributed by atoms with Crippen LogP contribution in [-0.2, 0) is 4.74 Å². The molecule has 0 rings (SSSR count). The SMILES string of the molecule is C#CCOC(=O)NC.CC. The number of terminal acetylenes is 1. The van der Waals surface area contributed by atoms with Crippen molar-refractivity contribution in [2.24, 2.45) is 0 Å². The van der Waals surface area contributed by atoms with Gasteiger partial charge in [-0.2, -0.15) is 0 Å². The summed E-state index contributed by atoms with van der Waals surface area (Å²) < 4.78 is 4.35. The molecule has 0 saturated heterocycles. The average Bonchev–Trinajstić information content (AvgIpc) is 2.04. The number of amides is 1. The number of hydrogen-bond donors (Lipinski definition) is 1. The molecule has 0 heterocycles. The van der Waals surface area contributed by atoms with Crippen LogP contribution in [0.15, 0.2) is 0 Å². The van der Waals surface area contributed by atoms with E-state index < -0.39 is 6.09 Å². The van der Waals surface area contributed by atoms with Crippen LogP contribution in [0.25, 0.3) is 0 Å². The predicted molar refractivity (Wildman–Crippen MR) is 40.6 cm³/mol. The standard InChI is InChI=1S/C5H7NO2.C2H6/c1-3-4-8-5(7)6-2;1-2/h1H,4H2,2H3,(H,6,7);1-2H3. The van der Waals surface area contributed by atoms with Crippen LogP contribution in [0.2, 0.25) is 0 Å². The number of alkyl carbamates (subject to hydrolysis) is 1. The molecule has 0 aromatic carbocycles. The van der Waals surface area contributed by atoms with E-state index in [9.17, 15) is 4.79 Å². The highest BCUT2D eigenvalue weighted by Crippen LogP contribution is 1.70. The largest absolute Gasteiger partial charge is 0.436 e. The fourth-order valence-electron chi connectivity index (χ4n) is 0.179. The van der Waals surface area contributed by atoms with Gasteiger partial charge in [0.2, 0.25) is 0 Å². The van der Waals surface area contributed by atoms with Gasteiger partial charge in [-0.1, -0.05) is 19.8 Å². The van der Waals surface area contributed by atoms with Crippen molar-refractivity contribution in [2.45, 2.75) is 13.8 Å². The molecule has 0 aliphatic carbocycles. The van der Waals surface area contributed by atoms with E-state index in [1.165, 1.54) is 7.05 Å². The number of hydrogen-bond acceptors (Lipinski definition) is 2. The molecular weight excluding hydrogens is 130 g/mol. The van der Waals surface area contributed by atoms with Crippen LogP contribution < -0.4 is 5.32 Å². The predicted octanol–water partition coefficient (Wildman–Crippen LogP) is 1.00. The van der Waals surface area contributed by atoms with Gasteiger partial charge in [0.1, 0.15) is 0 Å². The molecule has 0 fully saturated rings. The summed E-state index contributed by atoms with van der Waals surface area (Å²) in [5.74, 6) is 2.15. The zero-order valence-electron chi connectivity index (χ0n) is 6.60. The number of ether oxygens (including phenoxy) is 1. The lowest BCUT2D eigenvalue weighted by Gasteiger charge is -1.95. The molecule has 0 atom stereocenters. The van der Waals surface area contributed by atoms with Gasteiger partial charge in [0.25, 0.3) is 0 Å². The van der Waals surface area contributed by atoms with Crippen LogP contribution >= 0.6 is 0 Å². The summed E-state index contributed by atoms with van der Waals surface area (Å²) >= 11 is 0. The Kier molecular flexibility index (Phi) is 12.5. The van der Waals surface area contributed by atoms with Gasteiger partial charge in [-0.15, -0.1) is 6.42 Å². The monoisotopic (exact) mass is 143 g/mol. The second kappa shape index (κ2) is 10.7. The number of rotatable bonds is 1. The molecule has 1 amide bonds. The Morgan fingerprint density at radius 3 is 2.50 bits per heavy atom. The summed E-state index contributed by atoms with van der Waals surface area (Å²) in [6.07, 6.45) is 4.28. The van der Waals surface area contributed by atoms with Gasteiger partial charge in [0, 0.05) is 7.05 Å². The second-order valence-electron chi connectivity index (χ2n) is 1.03. The zero-order chi connectivity index (χ0) is 8.41. The molecule has 0 bridgehead atoms. The van der Waals surface area contributed by atoms with Gasteiger partial charge < -0.3 is 10.1 Å². The summed E-state index contributed by atoms with van der Waals surface area (Å²) in [4.78, 5) is 10.1. The topological polar surface area (TPSA) is 38.3 Å². The maximum Gasteiger partial charge on any atom is 0.407 e. The molecule has 0 saturated carbocycles. The molecular formula is C7H13NO2. The van der Waals surface area contributed by atoms with Crippen molar-refractivity contribution < 1.29 is 9.53 Å². The lowest BCUT2D eigenvalue weighted by Crippen LogP contribution is -2.18. The lowest BCUT2D eigenvalue weighted by molar-refractivity contribution is 0.162. The third kappa shape index (κ3) is 9.95. The first-order valence-corrected chi connectivity index (χ1v) is 3.09. The minimum atomic E-state index is -0.497. The molecule has 3 heteroatoms. The van der Waals surface area contributed by atoms with E-state index in [1.54, 1.807) is 0 Å². The van der Waals surface area contributed by atoms with Crippen molar-refractivity contribution in [1.29, 1.82) is 0 Å². The number of carbonyl (C=O) groups excluding carboxylic acids is 1. The Balaban J connectivity index is 0. The van der Waals surface area contributed by atoms with Gasteiger partial charge in [0.05, 0.1) is 0 Å². The summed E-state index contributed by atoms with van der Waals surface area (Å²) in [7, 11) is 1.47. The van der Waals surface area contributed by atoms with Crippen LogP contribution in [-0.4, -0.2) is 19.7 Å². The van der Waals surface area contributed by atoms with E-state index in [-0.39, 0.29) is 6.61 Å². The molecule has 58 valence electrons. The first-order valence-electron chi connectivity index (χ1n) is 3.09. The molecule has 10 heavy (non-hydrogen) atoms. The Morgan fingerprint density at radius 2 is 2.20 bits per heavy atom. The van der Waals surface area contributed by atoms with Crippen molar-refractivity contribution in [3.8, 4) is 12.3 Å². The van der Waals surface area contributed by atoms with E-state index in [1.807, 2.05) is 13.8 Å². The van der Waals surface area contributed by atoms with Gasteiger partial charge >= 0.3 is 6.09 Å². The summed E-state index contributed by atoms with van der Waals surface area (Å²) in [5.41, 5.74) is 0. The molecule has 0 aliphatic rings. The molecule has 0 aromatic rings. The minimum Gasteiger partial charge on any atom is -0.436 e. The molecule has 0 radical (unpaired) electrons. The first-order chi connectivity index (χ1) is 4.81. The fourth-order valence-corrected chi connectivity index (χ4v) is 0.179. The summed E-state index contributed by atoms with van der Waals surface area (Å²) in [6.45, 7) is 4.03. The minimum absolute atomic E-state index is 0.0275. The van der Waals surface area contributed by atoms with Gasteiger partial charge in [-0.05, 0) is 0 Å². The number of nitrogens with one attached hydrogen (secondary N) is 1. The molecule has 1 N–H and O–H groups in total. The third-order valence-corrected chi connectivity index (χ3v) is 0.491. The van der Waals surface area contributed by atoms with Crippen LogP contribution in [0.4, 0.5) is 4.79 Å². The van der Waals surface area contributed by atoms with E-state index >= 15 is 0 Å². The highest BCUT2D eigenvalue weighted by Gasteiger charge is 1.90. The maximum atomic E-state index is 10.1. The van der Waals surface area contributed by atoms with Crippen LogP contribution in [0.3, 0.4) is 0 Å². The third-order valence-electron chi connectivity index (χ3n) is 0.491. The Labute approximate surface area is 61.8 Å². The van der Waals surface area contributed by atoms with E-state index in [0.717, 1.165) is 0 Å². The normalized spacial score (nSPS) is 6.20. The first kappa shape index (κ1) is 11.6. The van der Waals surface area contributed by atoms with Crippen molar-refractivity contribution in [1.82, 2.24) is 5.32 Å². The molecule has 0 unspecified atom stereocenters. The van der Waals surface area contributed by atoms with Crippen LogP contribution in [0.1, 0.15) is 13.8 Å². The van der Waals surface area contributed by atoms with Crippen molar-refractivity contribution >= 4 is 6.09 Å². The van der Waals surface area contributed by atoms with Gasteiger partial charge in [-0.3, -0.25) is 0 Å². The number of carbonyl (C=O) groups is 1. The fraction of sp³-hybridized carbons (Fsp3) is 0.571. The Bertz CT molecular complexity index is 115. The maximum absolute atomic E-state index is 10.1. The molecule has 0 aromatic heterocycles. The average molecular weight is 143 g/mol. The van der Waals surface area contributed by atoms with Gasteiger partial charge in [-0.25, -0.2) is 4.79 Å². The van der Waals surface area contributed by atoms with E-state index in [0.29, 0.717) is 0 Å². The van der Waals surface area contributed by atoms with E-state index in [4.69, 9.17) is 6.42 Å². The Morgan fingerprint density at radius 1 is 1.70 bits per heavy atom. The smallest absolute Gasteiger partial charge is 0.407 e. The molecule has 0 spiro atoms. The molecule has 0 aliphatic heterocycles. The van der Waals surface area contributed by atoms with Gasteiger partial charge in [0.15, 0.2) is 6.61 Å². The quantitative estimate of drug-likeness (QED) is 0.556. The second-order valence-corrected chi connectivity index (χ2v) is 1.03. The Hall–Kier alpha value is -1.17. The summed E-state index contributed by atoms with van der Waals surface area (Å²) in [5, 5.41) is 2.24. The van der Waals surface area contributed by atoms with Crippen molar-refractivity contribution in [3.63, 3.8) is 0 Å². The summed E-state index contributed by atoms with van der Waals surface area (Å²) in [6, 6.07) is 0. The highest BCUT2D eigenvalue weighted by molar-refractivity contribution is 5.66. The zero-order valence-corrected chi connectivity index (χ0v) is 6.60.